The van der Waals surface area contributed by atoms with Crippen LogP contribution in [0.15, 0.2) is 17.6 Å². The quantitative estimate of drug-likeness (QED) is 0.157. The number of hydrogen-bond acceptors (Lipinski definition) is 5. The molecule has 0 aromatic heterocycles. The van der Waals surface area contributed by atoms with Gasteiger partial charge in [-0.15, -0.1) is 0 Å². The van der Waals surface area contributed by atoms with Crippen LogP contribution in [0.25, 0.3) is 0 Å². The van der Waals surface area contributed by atoms with Crippen LogP contribution >= 0.6 is 23.9 Å². The standard InChI is InChI=1S/C17H33N3O2S2/c1-5-9-12-18-16(22-13-8-4)19-17(21)20(23-14-10-6-2)24-15-11-7-3/h8H,4-7,9-15H2,1-3H3,(H,18,19,21). The number of aliphatic imine (C=N–C) groups is 1. The van der Waals surface area contributed by atoms with Crippen LogP contribution in [-0.4, -0.2) is 40.4 Å². The molecule has 24 heavy (non-hydrogen) atoms. The van der Waals surface area contributed by atoms with Crippen LogP contribution in [0.4, 0.5) is 4.79 Å². The van der Waals surface area contributed by atoms with E-state index < -0.39 is 0 Å². The summed E-state index contributed by atoms with van der Waals surface area (Å²) < 4.78 is 7.18. The smallest absolute Gasteiger partial charge is 0.345 e. The first kappa shape index (κ1) is 23.2. The predicted molar refractivity (Wildman–Crippen MR) is 108 cm³/mol. The van der Waals surface area contributed by atoms with E-state index in [1.807, 2.05) is 0 Å². The number of ether oxygens (including phenoxy) is 1. The molecule has 0 unspecified atom stereocenters. The third kappa shape index (κ3) is 12.6. The maximum Gasteiger partial charge on any atom is 0.345 e. The highest BCUT2D eigenvalue weighted by molar-refractivity contribution is 8.12. The van der Waals surface area contributed by atoms with Gasteiger partial charge in [0.2, 0.25) is 0 Å². The Morgan fingerprint density at radius 2 is 1.71 bits per heavy atom. The highest BCUT2D eigenvalue weighted by Gasteiger charge is 2.17. The lowest BCUT2D eigenvalue weighted by Gasteiger charge is -2.20. The summed E-state index contributed by atoms with van der Waals surface area (Å²) in [6.45, 7) is 11.0. The van der Waals surface area contributed by atoms with Crippen molar-refractivity contribution in [3.05, 3.63) is 12.7 Å². The summed E-state index contributed by atoms with van der Waals surface area (Å²) in [7, 11) is 0. The van der Waals surface area contributed by atoms with Crippen molar-refractivity contribution in [1.29, 1.82) is 0 Å². The Morgan fingerprint density at radius 1 is 1.12 bits per heavy atom. The summed E-state index contributed by atoms with van der Waals surface area (Å²) in [6, 6.07) is 0.0991. The average Bonchev–Trinajstić information content (AvgIpc) is 2.58. The van der Waals surface area contributed by atoms with E-state index in [1.165, 1.54) is 0 Å². The van der Waals surface area contributed by atoms with Crippen LogP contribution in [0.5, 0.6) is 0 Å². The Morgan fingerprint density at radius 3 is 2.21 bits per heavy atom. The fourth-order valence-electron chi connectivity index (χ4n) is 1.47. The number of unbranched alkanes of at least 4 members (excludes halogenated alkanes) is 3. The summed E-state index contributed by atoms with van der Waals surface area (Å²) in [5.41, 5.74) is 0. The highest BCUT2D eigenvalue weighted by atomic mass is 32.2. The van der Waals surface area contributed by atoms with E-state index in [9.17, 15) is 4.79 Å². The molecule has 0 aliphatic heterocycles. The molecule has 0 bridgehead atoms. The van der Waals surface area contributed by atoms with Crippen molar-refractivity contribution in [2.45, 2.75) is 59.3 Å². The lowest BCUT2D eigenvalue weighted by molar-refractivity contribution is 0.238. The van der Waals surface area contributed by atoms with Crippen molar-refractivity contribution in [3.8, 4) is 0 Å². The summed E-state index contributed by atoms with van der Waals surface area (Å²) in [5, 5.41) is 2.79. The second kappa shape index (κ2) is 17.0. The van der Waals surface area contributed by atoms with E-state index in [0.29, 0.717) is 13.2 Å². The van der Waals surface area contributed by atoms with Gasteiger partial charge >= 0.3 is 6.03 Å². The second-order valence-electron chi connectivity index (χ2n) is 5.20. The molecule has 1 N–H and O–H groups in total. The van der Waals surface area contributed by atoms with Gasteiger partial charge in [0.25, 0.3) is 6.02 Å². The SMILES string of the molecule is C=CCOC(=NCCCC)NC(=O)N(SCCCC)SCCCC. The zero-order valence-corrected chi connectivity index (χ0v) is 17.0. The third-order valence-electron chi connectivity index (χ3n) is 2.90. The number of nitrogens with zero attached hydrogens (tertiary/aromatic N) is 2. The van der Waals surface area contributed by atoms with E-state index in [2.05, 4.69) is 37.7 Å². The van der Waals surface area contributed by atoms with Crippen molar-refractivity contribution in [2.24, 2.45) is 4.99 Å². The lowest BCUT2D eigenvalue weighted by Crippen LogP contribution is -2.38. The van der Waals surface area contributed by atoms with E-state index in [-0.39, 0.29) is 12.1 Å². The summed E-state index contributed by atoms with van der Waals surface area (Å²) >= 11 is 3.10. The Bertz CT molecular complexity index is 356. The first-order valence-electron chi connectivity index (χ1n) is 8.84. The molecule has 2 amide bonds. The van der Waals surface area contributed by atoms with Crippen molar-refractivity contribution in [2.75, 3.05) is 24.7 Å². The normalized spacial score (nSPS) is 11.2. The number of amides is 2. The summed E-state index contributed by atoms with van der Waals surface area (Å²) in [4.78, 5) is 16.9. The number of nitrogens with one attached hydrogen (secondary N) is 1. The van der Waals surface area contributed by atoms with Gasteiger partial charge in [0.05, 0.1) is 0 Å². The fourth-order valence-corrected chi connectivity index (χ4v) is 3.71. The molecule has 0 aromatic carbocycles. The number of rotatable bonds is 13. The molecule has 0 aliphatic carbocycles. The van der Waals surface area contributed by atoms with Gasteiger partial charge in [-0.25, -0.2) is 13.5 Å². The van der Waals surface area contributed by atoms with Crippen molar-refractivity contribution in [3.63, 3.8) is 0 Å². The predicted octanol–water partition coefficient (Wildman–Crippen LogP) is 5.25. The van der Waals surface area contributed by atoms with Gasteiger partial charge in [0.1, 0.15) is 6.61 Å². The maximum atomic E-state index is 12.5. The van der Waals surface area contributed by atoms with Gasteiger partial charge in [-0.3, -0.25) is 5.32 Å². The topological polar surface area (TPSA) is 53.9 Å². The van der Waals surface area contributed by atoms with Gasteiger partial charge in [0, 0.05) is 18.1 Å². The monoisotopic (exact) mass is 375 g/mol. The van der Waals surface area contributed by atoms with Crippen LogP contribution in [-0.2, 0) is 4.74 Å². The number of amidine groups is 1. The Hall–Kier alpha value is -0.820. The van der Waals surface area contributed by atoms with Crippen LogP contribution in [0, 0.1) is 0 Å². The molecule has 0 radical (unpaired) electrons. The fraction of sp³-hybridized carbons (Fsp3) is 0.765. The van der Waals surface area contributed by atoms with Crippen LogP contribution in [0.1, 0.15) is 59.3 Å². The van der Waals surface area contributed by atoms with Crippen molar-refractivity contribution >= 4 is 35.9 Å². The Balaban J connectivity index is 4.65. The molecule has 0 fully saturated rings. The van der Waals surface area contributed by atoms with Gasteiger partial charge in [-0.1, -0.05) is 52.7 Å². The van der Waals surface area contributed by atoms with Crippen LogP contribution in [0.2, 0.25) is 0 Å². The highest BCUT2D eigenvalue weighted by Crippen LogP contribution is 2.24. The molecule has 0 atom stereocenters. The van der Waals surface area contributed by atoms with E-state index in [0.717, 1.165) is 50.0 Å². The molecule has 0 aromatic rings. The number of hydrogen-bond donors (Lipinski definition) is 1. The van der Waals surface area contributed by atoms with Crippen molar-refractivity contribution in [1.82, 2.24) is 9.03 Å². The number of urea groups is 1. The zero-order chi connectivity index (χ0) is 18.0. The largest absolute Gasteiger partial charge is 0.461 e. The van der Waals surface area contributed by atoms with Crippen LogP contribution < -0.4 is 5.32 Å². The molecule has 0 rings (SSSR count). The first-order valence-corrected chi connectivity index (χ1v) is 10.7. The molecule has 7 heteroatoms. The molecule has 0 heterocycles. The zero-order valence-electron chi connectivity index (χ0n) is 15.4. The molecule has 0 saturated heterocycles. The molecule has 0 aliphatic rings. The molecular weight excluding hydrogens is 342 g/mol. The minimum atomic E-state index is -0.184. The first-order chi connectivity index (χ1) is 11.7. The van der Waals surface area contributed by atoms with Crippen molar-refractivity contribution < 1.29 is 9.53 Å². The molecular formula is C17H33N3O2S2. The Labute approximate surface area is 156 Å². The molecule has 5 nitrogen and oxygen atoms in total. The minimum Gasteiger partial charge on any atom is -0.461 e. The maximum absolute atomic E-state index is 12.5. The van der Waals surface area contributed by atoms with E-state index in [1.54, 1.807) is 33.7 Å². The Kier molecular flexibility index (Phi) is 16.4. The van der Waals surface area contributed by atoms with Gasteiger partial charge in [-0.05, 0) is 43.2 Å². The van der Waals surface area contributed by atoms with Gasteiger partial charge < -0.3 is 4.74 Å². The second-order valence-corrected chi connectivity index (χ2v) is 7.50. The summed E-state index contributed by atoms with van der Waals surface area (Å²) in [5.74, 6) is 1.86. The lowest BCUT2D eigenvalue weighted by atomic mass is 10.3. The molecule has 0 saturated carbocycles. The van der Waals surface area contributed by atoms with E-state index >= 15 is 0 Å². The number of carbonyl (C=O) groups excluding carboxylic acids is 1. The summed E-state index contributed by atoms with van der Waals surface area (Å²) in [6.07, 6.45) is 8.09. The average molecular weight is 376 g/mol. The van der Waals surface area contributed by atoms with Gasteiger partial charge in [-0.2, -0.15) is 0 Å². The minimum absolute atomic E-state index is 0.184. The number of carbonyl (C=O) groups is 1. The molecule has 0 spiro atoms. The van der Waals surface area contributed by atoms with Gasteiger partial charge in [0.15, 0.2) is 0 Å². The third-order valence-corrected chi connectivity index (χ3v) is 5.27. The van der Waals surface area contributed by atoms with Crippen LogP contribution in [0.3, 0.4) is 0 Å². The molecule has 140 valence electrons. The van der Waals surface area contributed by atoms with E-state index in [4.69, 9.17) is 4.74 Å².